The highest BCUT2D eigenvalue weighted by molar-refractivity contribution is 7.20. The van der Waals surface area contributed by atoms with E-state index in [1.165, 1.54) is 31.9 Å². The number of rotatable bonds is 1. The van der Waals surface area contributed by atoms with E-state index in [-0.39, 0.29) is 5.82 Å². The van der Waals surface area contributed by atoms with Crippen molar-refractivity contribution in [3.63, 3.8) is 0 Å². The maximum atomic E-state index is 13.5. The highest BCUT2D eigenvalue weighted by Gasteiger charge is 2.58. The SMILES string of the molecule is Fc1ccc2sc(C3=NC4(ON3)C3CCC5CC4CN(C5)C3)cc2c1. The van der Waals surface area contributed by atoms with Crippen molar-refractivity contribution < 1.29 is 9.23 Å². The third-order valence-corrected chi connectivity index (χ3v) is 7.62. The molecule has 4 aliphatic heterocycles. The Kier molecular flexibility index (Phi) is 2.94. The number of piperidine rings is 2. The van der Waals surface area contributed by atoms with Gasteiger partial charge in [0, 0.05) is 36.2 Å². The molecular weight excluding hydrogens is 337 g/mol. The van der Waals surface area contributed by atoms with Crippen LogP contribution in [-0.2, 0) is 4.84 Å². The Hall–Kier alpha value is -1.50. The zero-order valence-corrected chi connectivity index (χ0v) is 14.7. The Morgan fingerprint density at radius 2 is 2.12 bits per heavy atom. The van der Waals surface area contributed by atoms with Gasteiger partial charge >= 0.3 is 0 Å². The van der Waals surface area contributed by atoms with Gasteiger partial charge in [0.2, 0.25) is 0 Å². The van der Waals surface area contributed by atoms with Crippen LogP contribution in [-0.4, -0.2) is 36.1 Å². The second kappa shape index (κ2) is 5.02. The minimum atomic E-state index is -0.400. The first-order valence-electron chi connectivity index (χ1n) is 9.15. The molecular formula is C19H20FN3OS. The van der Waals surface area contributed by atoms with Crippen molar-refractivity contribution >= 4 is 27.3 Å². The molecule has 4 fully saturated rings. The number of nitrogens with one attached hydrogen (secondary N) is 1. The monoisotopic (exact) mass is 357 g/mol. The van der Waals surface area contributed by atoms with Crippen LogP contribution in [0.4, 0.5) is 4.39 Å². The topological polar surface area (TPSA) is 36.9 Å². The summed E-state index contributed by atoms with van der Waals surface area (Å²) >= 11 is 1.64. The molecule has 7 rings (SSSR count). The molecule has 4 bridgehead atoms. The Morgan fingerprint density at radius 3 is 3.08 bits per heavy atom. The Bertz CT molecular complexity index is 886. The fourth-order valence-electron chi connectivity index (χ4n) is 5.41. The molecule has 1 aliphatic carbocycles. The van der Waals surface area contributed by atoms with Gasteiger partial charge in [-0.15, -0.1) is 11.3 Å². The summed E-state index contributed by atoms with van der Waals surface area (Å²) in [5.41, 5.74) is 2.74. The van der Waals surface area contributed by atoms with Crippen LogP contribution in [0.1, 0.15) is 24.1 Å². The van der Waals surface area contributed by atoms with E-state index in [9.17, 15) is 4.39 Å². The molecule has 5 heterocycles. The van der Waals surface area contributed by atoms with Gasteiger partial charge in [-0.25, -0.2) is 19.7 Å². The molecule has 130 valence electrons. The standard InChI is InChI=1S/C19H20FN3OS/c20-15-3-4-16-12(6-15)7-17(25-16)18-21-19(24-22-18)13-2-1-11-5-14(19)10-23(8-11)9-13/h3-4,6-7,11,13-14H,1-2,5,8-10H2,(H,21,22). The number of nitrogens with zero attached hydrogens (tertiary/aromatic N) is 2. The first-order valence-corrected chi connectivity index (χ1v) is 9.97. The van der Waals surface area contributed by atoms with Crippen LogP contribution in [0.2, 0.25) is 0 Å². The van der Waals surface area contributed by atoms with Crippen LogP contribution < -0.4 is 5.48 Å². The summed E-state index contributed by atoms with van der Waals surface area (Å²) in [7, 11) is 0. The van der Waals surface area contributed by atoms with Crippen LogP contribution in [0.25, 0.3) is 10.1 Å². The molecule has 4 nitrogen and oxygen atoms in total. The van der Waals surface area contributed by atoms with Crippen LogP contribution in [0.3, 0.4) is 0 Å². The number of hydrogen-bond donors (Lipinski definition) is 1. The molecule has 5 unspecified atom stereocenters. The van der Waals surface area contributed by atoms with E-state index < -0.39 is 5.72 Å². The maximum Gasteiger partial charge on any atom is 0.195 e. The fraction of sp³-hybridized carbons (Fsp3) is 0.526. The molecule has 2 aromatic rings. The first kappa shape index (κ1) is 14.6. The lowest BCUT2D eigenvalue weighted by Crippen LogP contribution is -2.59. The highest BCUT2D eigenvalue weighted by atomic mass is 32.1. The predicted molar refractivity (Wildman–Crippen MR) is 96.0 cm³/mol. The van der Waals surface area contributed by atoms with Crippen molar-refractivity contribution in [3.8, 4) is 0 Å². The Morgan fingerprint density at radius 1 is 1.20 bits per heavy atom. The molecule has 6 heteroatoms. The van der Waals surface area contributed by atoms with Crippen molar-refractivity contribution in [2.45, 2.75) is 25.0 Å². The number of halogens is 1. The second-order valence-corrected chi connectivity index (χ2v) is 9.08. The molecule has 5 atom stereocenters. The summed E-state index contributed by atoms with van der Waals surface area (Å²) in [5.74, 6) is 2.37. The zero-order valence-electron chi connectivity index (χ0n) is 13.9. The van der Waals surface area contributed by atoms with Crippen molar-refractivity contribution in [3.05, 3.63) is 35.0 Å². The van der Waals surface area contributed by atoms with E-state index in [2.05, 4.69) is 10.4 Å². The Labute approximate surface area is 149 Å². The molecule has 1 aromatic carbocycles. The van der Waals surface area contributed by atoms with E-state index in [0.29, 0.717) is 11.8 Å². The average molecular weight is 357 g/mol. The highest BCUT2D eigenvalue weighted by Crippen LogP contribution is 2.50. The Balaban J connectivity index is 1.42. The smallest absolute Gasteiger partial charge is 0.195 e. The summed E-state index contributed by atoms with van der Waals surface area (Å²) in [6.45, 7) is 3.46. The molecule has 0 radical (unpaired) electrons. The zero-order chi connectivity index (χ0) is 16.6. The third-order valence-electron chi connectivity index (χ3n) is 6.49. The van der Waals surface area contributed by atoms with E-state index in [1.54, 1.807) is 17.4 Å². The normalized spacial score (nSPS) is 39.0. The first-order chi connectivity index (χ1) is 12.2. The molecule has 25 heavy (non-hydrogen) atoms. The van der Waals surface area contributed by atoms with Crippen molar-refractivity contribution in [1.82, 2.24) is 10.4 Å². The molecule has 1 aromatic heterocycles. The van der Waals surface area contributed by atoms with E-state index in [1.807, 2.05) is 12.1 Å². The van der Waals surface area contributed by atoms with Crippen LogP contribution >= 0.6 is 11.3 Å². The lowest BCUT2D eigenvalue weighted by atomic mass is 9.76. The van der Waals surface area contributed by atoms with Gasteiger partial charge in [-0.1, -0.05) is 0 Å². The van der Waals surface area contributed by atoms with E-state index in [0.717, 1.165) is 39.8 Å². The van der Waals surface area contributed by atoms with Gasteiger partial charge in [0.05, 0.1) is 4.88 Å². The number of thiophene rings is 1. The predicted octanol–water partition coefficient (Wildman–Crippen LogP) is 3.38. The van der Waals surface area contributed by atoms with Gasteiger partial charge < -0.3 is 4.90 Å². The lowest BCUT2D eigenvalue weighted by molar-refractivity contribution is -0.170. The number of fused-ring (bicyclic) bond motifs is 2. The molecule has 5 aliphatic rings. The summed E-state index contributed by atoms with van der Waals surface area (Å²) in [6, 6.07) is 6.96. The van der Waals surface area contributed by atoms with Gasteiger partial charge in [-0.2, -0.15) is 0 Å². The van der Waals surface area contributed by atoms with Crippen molar-refractivity contribution in [2.75, 3.05) is 19.6 Å². The molecule has 1 N–H and O–H groups in total. The van der Waals surface area contributed by atoms with Gasteiger partial charge in [0.15, 0.2) is 11.6 Å². The van der Waals surface area contributed by atoms with Crippen molar-refractivity contribution in [2.24, 2.45) is 22.7 Å². The molecule has 1 saturated carbocycles. The molecule has 1 spiro atoms. The van der Waals surface area contributed by atoms with E-state index >= 15 is 0 Å². The van der Waals surface area contributed by atoms with Gasteiger partial charge in [0.25, 0.3) is 0 Å². The van der Waals surface area contributed by atoms with Crippen molar-refractivity contribution in [1.29, 1.82) is 0 Å². The van der Waals surface area contributed by atoms with Crippen LogP contribution in [0.15, 0.2) is 29.3 Å². The number of aliphatic imine (C=N–C) groups is 1. The van der Waals surface area contributed by atoms with Crippen LogP contribution in [0.5, 0.6) is 0 Å². The maximum absolute atomic E-state index is 13.5. The summed E-state index contributed by atoms with van der Waals surface area (Å²) in [5, 5.41) is 0.930. The number of hydrogen-bond acceptors (Lipinski definition) is 5. The second-order valence-electron chi connectivity index (χ2n) is 8.00. The van der Waals surface area contributed by atoms with Crippen LogP contribution in [0, 0.1) is 23.6 Å². The lowest BCUT2D eigenvalue weighted by Gasteiger charge is -2.49. The largest absolute Gasteiger partial charge is 0.302 e. The quantitative estimate of drug-likeness (QED) is 0.850. The molecule has 3 saturated heterocycles. The number of amidine groups is 1. The minimum Gasteiger partial charge on any atom is -0.302 e. The minimum absolute atomic E-state index is 0.197. The fourth-order valence-corrected chi connectivity index (χ4v) is 6.39. The summed E-state index contributed by atoms with van der Waals surface area (Å²) < 4.78 is 14.6. The summed E-state index contributed by atoms with van der Waals surface area (Å²) in [6.07, 6.45) is 3.73. The van der Waals surface area contributed by atoms with Gasteiger partial charge in [0.1, 0.15) is 5.82 Å². The van der Waals surface area contributed by atoms with Gasteiger partial charge in [-0.3, -0.25) is 0 Å². The van der Waals surface area contributed by atoms with Gasteiger partial charge in [-0.05, 0) is 54.8 Å². The van der Waals surface area contributed by atoms with E-state index in [4.69, 9.17) is 9.83 Å². The average Bonchev–Trinajstić information content (AvgIpc) is 3.16. The molecule has 0 amide bonds. The number of hydroxylamine groups is 1. The summed E-state index contributed by atoms with van der Waals surface area (Å²) in [4.78, 5) is 15.0. The third kappa shape index (κ3) is 2.08. The number of benzene rings is 1.